The van der Waals surface area contributed by atoms with Crippen molar-refractivity contribution in [2.45, 2.75) is 18.3 Å². The average Bonchev–Trinajstić information content (AvgIpc) is 3.00. The van der Waals surface area contributed by atoms with E-state index in [1.807, 2.05) is 0 Å². The van der Waals surface area contributed by atoms with Crippen LogP contribution in [0.4, 0.5) is 22.4 Å². The Labute approximate surface area is 171 Å². The Morgan fingerprint density at radius 2 is 1.93 bits per heavy atom. The minimum atomic E-state index is -4.85. The van der Waals surface area contributed by atoms with Crippen LogP contribution < -0.4 is 11.1 Å². The van der Waals surface area contributed by atoms with Gasteiger partial charge in [0.05, 0.1) is 22.3 Å². The van der Waals surface area contributed by atoms with Gasteiger partial charge in [0.25, 0.3) is 0 Å². The van der Waals surface area contributed by atoms with E-state index in [1.165, 1.54) is 12.1 Å². The van der Waals surface area contributed by atoms with Crippen LogP contribution in [-0.2, 0) is 11.0 Å². The van der Waals surface area contributed by atoms with Crippen LogP contribution in [-0.4, -0.2) is 34.4 Å². The number of pyridine rings is 1. The van der Waals surface area contributed by atoms with Crippen LogP contribution in [0.5, 0.6) is 0 Å². The number of aromatic nitrogens is 1. The van der Waals surface area contributed by atoms with E-state index in [0.717, 1.165) is 23.1 Å². The molecule has 0 bridgehead atoms. The molecule has 0 spiro atoms. The molecule has 0 saturated carbocycles. The van der Waals surface area contributed by atoms with Gasteiger partial charge in [0.2, 0.25) is 5.91 Å². The molecule has 1 aliphatic heterocycles. The SMILES string of the molecule is NC(=O)C1CN([C@H](c2ccc(F)c(Cl)c2)c2ccc(Cl)c(C(F)(F)F)n2)C(=O)N1. The zero-order valence-electron chi connectivity index (χ0n) is 14.3. The van der Waals surface area contributed by atoms with Gasteiger partial charge in [-0.15, -0.1) is 0 Å². The van der Waals surface area contributed by atoms with E-state index in [-0.39, 0.29) is 22.8 Å². The van der Waals surface area contributed by atoms with E-state index in [9.17, 15) is 27.2 Å². The smallest absolute Gasteiger partial charge is 0.368 e. The van der Waals surface area contributed by atoms with Gasteiger partial charge in [0, 0.05) is 0 Å². The molecular weight excluding hydrogens is 439 g/mol. The second-order valence-electron chi connectivity index (χ2n) is 6.20. The fourth-order valence-electron chi connectivity index (χ4n) is 2.94. The minimum Gasteiger partial charge on any atom is -0.368 e. The molecule has 0 aliphatic carbocycles. The molecular formula is C17H12Cl2F4N4O2. The monoisotopic (exact) mass is 450 g/mol. The number of carbonyl (C=O) groups excluding carboxylic acids is 2. The van der Waals surface area contributed by atoms with Crippen molar-refractivity contribution in [2.24, 2.45) is 5.73 Å². The molecule has 1 aliphatic rings. The molecule has 12 heteroatoms. The first-order chi connectivity index (χ1) is 13.5. The predicted octanol–water partition coefficient (Wildman–Crippen LogP) is 3.51. The molecule has 29 heavy (non-hydrogen) atoms. The number of benzene rings is 1. The van der Waals surface area contributed by atoms with Gasteiger partial charge in [0.15, 0.2) is 5.69 Å². The van der Waals surface area contributed by atoms with Crippen LogP contribution in [0.15, 0.2) is 30.3 Å². The number of halogens is 6. The molecule has 1 unspecified atom stereocenters. The quantitative estimate of drug-likeness (QED) is 0.698. The summed E-state index contributed by atoms with van der Waals surface area (Å²) in [5.41, 5.74) is 3.84. The lowest BCUT2D eigenvalue weighted by Gasteiger charge is -2.28. The van der Waals surface area contributed by atoms with Crippen LogP contribution in [0.25, 0.3) is 0 Å². The van der Waals surface area contributed by atoms with Crippen LogP contribution in [0.2, 0.25) is 10.0 Å². The maximum atomic E-state index is 13.6. The third-order valence-corrected chi connectivity index (χ3v) is 4.86. The van der Waals surface area contributed by atoms with Gasteiger partial charge in [-0.1, -0.05) is 29.3 Å². The highest BCUT2D eigenvalue weighted by Crippen LogP contribution is 2.37. The number of rotatable bonds is 4. The standard InChI is InChI=1S/C17H12Cl2F4N4O2/c18-8-2-4-11(25-14(8)17(21,22)23)13(7-1-3-10(20)9(19)5-7)27-6-12(15(24)28)26-16(27)29/h1-5,12-13H,6H2,(H2,24,28)(H,26,29)/t12?,13-/m1/s1. The van der Waals surface area contributed by atoms with Crippen LogP contribution in [0.1, 0.15) is 23.0 Å². The number of nitrogens with one attached hydrogen (secondary N) is 1. The molecule has 154 valence electrons. The fraction of sp³-hybridized carbons (Fsp3) is 0.235. The number of primary amides is 1. The molecule has 0 radical (unpaired) electrons. The highest BCUT2D eigenvalue weighted by Gasteiger charge is 2.41. The third-order valence-electron chi connectivity index (χ3n) is 4.27. The normalized spacial score (nSPS) is 17.9. The van der Waals surface area contributed by atoms with Gasteiger partial charge >= 0.3 is 12.2 Å². The Morgan fingerprint density at radius 1 is 1.24 bits per heavy atom. The number of nitrogens with zero attached hydrogens (tertiary/aromatic N) is 2. The number of urea groups is 1. The second kappa shape index (κ2) is 7.68. The van der Waals surface area contributed by atoms with Crippen molar-refractivity contribution in [3.8, 4) is 0 Å². The predicted molar refractivity (Wildman–Crippen MR) is 95.7 cm³/mol. The van der Waals surface area contributed by atoms with Gasteiger partial charge < -0.3 is 16.0 Å². The summed E-state index contributed by atoms with van der Waals surface area (Å²) >= 11 is 11.4. The zero-order valence-corrected chi connectivity index (χ0v) is 15.8. The number of amides is 3. The van der Waals surface area contributed by atoms with E-state index in [4.69, 9.17) is 28.9 Å². The summed E-state index contributed by atoms with van der Waals surface area (Å²) in [4.78, 5) is 28.5. The maximum Gasteiger partial charge on any atom is 0.434 e. The molecule has 2 heterocycles. The summed E-state index contributed by atoms with van der Waals surface area (Å²) < 4.78 is 53.4. The molecule has 3 rings (SSSR count). The Balaban J connectivity index is 2.15. The lowest BCUT2D eigenvalue weighted by atomic mass is 10.0. The summed E-state index contributed by atoms with van der Waals surface area (Å²) in [6, 6.07) is 2.58. The van der Waals surface area contributed by atoms with Crippen molar-refractivity contribution in [3.63, 3.8) is 0 Å². The molecule has 2 aromatic rings. The van der Waals surface area contributed by atoms with E-state index in [2.05, 4.69) is 10.3 Å². The molecule has 1 saturated heterocycles. The average molecular weight is 451 g/mol. The maximum absolute atomic E-state index is 13.6. The van der Waals surface area contributed by atoms with Gasteiger partial charge in [-0.25, -0.2) is 14.2 Å². The first kappa shape index (κ1) is 21.1. The number of nitrogens with two attached hydrogens (primary N) is 1. The van der Waals surface area contributed by atoms with E-state index < -0.39 is 46.7 Å². The number of hydrogen-bond donors (Lipinski definition) is 2. The molecule has 3 amide bonds. The van der Waals surface area contributed by atoms with E-state index in [1.54, 1.807) is 0 Å². The minimum absolute atomic E-state index is 0.180. The first-order valence-electron chi connectivity index (χ1n) is 8.04. The Bertz CT molecular complexity index is 986. The van der Waals surface area contributed by atoms with Gasteiger partial charge in [0.1, 0.15) is 17.9 Å². The van der Waals surface area contributed by atoms with Gasteiger partial charge in [-0.05, 0) is 29.8 Å². The van der Waals surface area contributed by atoms with E-state index in [0.29, 0.717) is 0 Å². The molecule has 3 N–H and O–H groups in total. The first-order valence-corrected chi connectivity index (χ1v) is 8.79. The lowest BCUT2D eigenvalue weighted by Crippen LogP contribution is -2.39. The second-order valence-corrected chi connectivity index (χ2v) is 7.01. The number of carbonyl (C=O) groups is 2. The number of alkyl halides is 3. The molecule has 2 atom stereocenters. The largest absolute Gasteiger partial charge is 0.434 e. The summed E-state index contributed by atoms with van der Waals surface area (Å²) in [6.07, 6.45) is -4.85. The zero-order chi connectivity index (χ0) is 21.5. The summed E-state index contributed by atoms with van der Waals surface area (Å²) in [6.45, 7) is -0.237. The van der Waals surface area contributed by atoms with Crippen LogP contribution in [0.3, 0.4) is 0 Å². The third kappa shape index (κ3) is 4.23. The van der Waals surface area contributed by atoms with Crippen LogP contribution in [0, 0.1) is 5.82 Å². The van der Waals surface area contributed by atoms with Crippen molar-refractivity contribution < 1.29 is 27.2 Å². The van der Waals surface area contributed by atoms with Crippen molar-refractivity contribution in [3.05, 3.63) is 63.1 Å². The van der Waals surface area contributed by atoms with Crippen molar-refractivity contribution >= 4 is 35.1 Å². The van der Waals surface area contributed by atoms with Crippen molar-refractivity contribution in [1.82, 2.24) is 15.2 Å². The highest BCUT2D eigenvalue weighted by molar-refractivity contribution is 6.31. The number of hydrogen-bond acceptors (Lipinski definition) is 3. The van der Waals surface area contributed by atoms with Crippen molar-refractivity contribution in [1.29, 1.82) is 0 Å². The van der Waals surface area contributed by atoms with Crippen LogP contribution >= 0.6 is 23.2 Å². The Kier molecular flexibility index (Phi) is 5.59. The fourth-order valence-corrected chi connectivity index (χ4v) is 3.34. The summed E-state index contributed by atoms with van der Waals surface area (Å²) in [5, 5.41) is 1.41. The molecule has 6 nitrogen and oxygen atoms in total. The molecule has 1 fully saturated rings. The molecule has 1 aromatic heterocycles. The van der Waals surface area contributed by atoms with Crippen molar-refractivity contribution in [2.75, 3.05) is 6.54 Å². The lowest BCUT2D eigenvalue weighted by molar-refractivity contribution is -0.141. The van der Waals surface area contributed by atoms with Gasteiger partial charge in [-0.2, -0.15) is 13.2 Å². The summed E-state index contributed by atoms with van der Waals surface area (Å²) in [7, 11) is 0. The van der Waals surface area contributed by atoms with Gasteiger partial charge in [-0.3, -0.25) is 4.79 Å². The highest BCUT2D eigenvalue weighted by atomic mass is 35.5. The Hall–Kier alpha value is -2.59. The topological polar surface area (TPSA) is 88.3 Å². The molecule has 1 aromatic carbocycles. The van der Waals surface area contributed by atoms with E-state index >= 15 is 0 Å². The Morgan fingerprint density at radius 3 is 2.48 bits per heavy atom. The summed E-state index contributed by atoms with van der Waals surface area (Å²) in [5.74, 6) is -1.58.